The first-order valence-corrected chi connectivity index (χ1v) is 8.40. The van der Waals surface area contributed by atoms with Gasteiger partial charge in [0.2, 0.25) is 0 Å². The van der Waals surface area contributed by atoms with Crippen molar-refractivity contribution in [1.29, 1.82) is 0 Å². The van der Waals surface area contributed by atoms with Crippen molar-refractivity contribution >= 4 is 15.9 Å². The third-order valence-electron chi connectivity index (χ3n) is 4.40. The predicted octanol–water partition coefficient (Wildman–Crippen LogP) is 3.55. The summed E-state index contributed by atoms with van der Waals surface area (Å²) in [7, 11) is 0. The summed E-state index contributed by atoms with van der Waals surface area (Å²) in [4.78, 5) is 2.50. The lowest BCUT2D eigenvalue weighted by Gasteiger charge is -2.30. The zero-order valence-corrected chi connectivity index (χ0v) is 13.3. The van der Waals surface area contributed by atoms with E-state index in [1.54, 1.807) is 12.1 Å². The van der Waals surface area contributed by atoms with Crippen molar-refractivity contribution in [1.82, 2.24) is 10.2 Å². The van der Waals surface area contributed by atoms with Gasteiger partial charge < -0.3 is 5.32 Å². The molecule has 1 aromatic rings. The molecule has 1 heterocycles. The normalized spacial score (nSPS) is 20.6. The molecule has 1 aromatic carbocycles. The summed E-state index contributed by atoms with van der Waals surface area (Å²) < 4.78 is 14.9. The fourth-order valence-corrected chi connectivity index (χ4v) is 3.47. The lowest BCUT2D eigenvalue weighted by molar-refractivity contribution is 0.188. The van der Waals surface area contributed by atoms with Gasteiger partial charge in [-0.05, 0) is 62.9 Å². The van der Waals surface area contributed by atoms with Crippen LogP contribution in [0, 0.1) is 11.7 Å². The molecular formula is C16H22BrFN2. The maximum Gasteiger partial charge on any atom is 0.127 e. The summed E-state index contributed by atoms with van der Waals surface area (Å²) in [5.74, 6) is 0.691. The lowest BCUT2D eigenvalue weighted by Crippen LogP contribution is -2.37. The second kappa shape index (κ2) is 6.54. The number of nitrogens with zero attached hydrogens (tertiary/aromatic N) is 1. The molecule has 110 valence electrons. The second-order valence-corrected chi connectivity index (χ2v) is 7.01. The maximum atomic E-state index is 13.9. The molecule has 2 aliphatic rings. The Morgan fingerprint density at radius 1 is 1.20 bits per heavy atom. The Balaban J connectivity index is 1.66. The molecule has 0 atom stereocenters. The number of piperidine rings is 1. The minimum absolute atomic E-state index is 0.0795. The molecule has 4 heteroatoms. The maximum absolute atomic E-state index is 13.9. The van der Waals surface area contributed by atoms with Crippen LogP contribution in [-0.4, -0.2) is 30.6 Å². The molecule has 2 nitrogen and oxygen atoms in total. The van der Waals surface area contributed by atoms with Crippen LogP contribution in [0.15, 0.2) is 22.7 Å². The quantitative estimate of drug-likeness (QED) is 0.881. The molecule has 1 saturated heterocycles. The fourth-order valence-electron chi connectivity index (χ4n) is 3.06. The van der Waals surface area contributed by atoms with Crippen molar-refractivity contribution in [2.75, 3.05) is 19.6 Å². The van der Waals surface area contributed by atoms with Crippen LogP contribution in [0.3, 0.4) is 0 Å². The minimum atomic E-state index is -0.0795. The fraction of sp³-hybridized carbons (Fsp3) is 0.625. The Kier molecular flexibility index (Phi) is 4.74. The van der Waals surface area contributed by atoms with E-state index in [2.05, 4.69) is 26.1 Å². The van der Waals surface area contributed by atoms with E-state index in [0.717, 1.165) is 42.1 Å². The van der Waals surface area contributed by atoms with Gasteiger partial charge in [-0.25, -0.2) is 4.39 Å². The van der Waals surface area contributed by atoms with Crippen molar-refractivity contribution in [2.24, 2.45) is 5.92 Å². The SMILES string of the molecule is Fc1ccc(Br)cc1CN(CC1CCNCC1)C1CC1. The zero-order chi connectivity index (χ0) is 13.9. The average Bonchev–Trinajstić information content (AvgIpc) is 3.28. The van der Waals surface area contributed by atoms with Crippen LogP contribution < -0.4 is 5.32 Å². The Labute approximate surface area is 128 Å². The van der Waals surface area contributed by atoms with Crippen molar-refractivity contribution < 1.29 is 4.39 Å². The Morgan fingerprint density at radius 3 is 2.65 bits per heavy atom. The van der Waals surface area contributed by atoms with E-state index >= 15 is 0 Å². The van der Waals surface area contributed by atoms with Gasteiger partial charge in [0, 0.05) is 29.2 Å². The minimum Gasteiger partial charge on any atom is -0.317 e. The summed E-state index contributed by atoms with van der Waals surface area (Å²) in [5.41, 5.74) is 0.820. The molecule has 0 bridgehead atoms. The van der Waals surface area contributed by atoms with E-state index in [9.17, 15) is 4.39 Å². The van der Waals surface area contributed by atoms with E-state index in [4.69, 9.17) is 0 Å². The lowest BCUT2D eigenvalue weighted by atomic mass is 9.97. The summed E-state index contributed by atoms with van der Waals surface area (Å²) in [6.07, 6.45) is 5.07. The number of benzene rings is 1. The van der Waals surface area contributed by atoms with E-state index in [0.29, 0.717) is 6.04 Å². The predicted molar refractivity (Wildman–Crippen MR) is 83.1 cm³/mol. The molecule has 1 aliphatic heterocycles. The van der Waals surface area contributed by atoms with Gasteiger partial charge in [-0.1, -0.05) is 15.9 Å². The van der Waals surface area contributed by atoms with Crippen LogP contribution in [0.2, 0.25) is 0 Å². The first kappa shape index (κ1) is 14.5. The molecule has 3 rings (SSSR count). The molecular weight excluding hydrogens is 319 g/mol. The van der Waals surface area contributed by atoms with Gasteiger partial charge in [-0.2, -0.15) is 0 Å². The Bertz CT molecular complexity index is 456. The number of nitrogens with one attached hydrogen (secondary N) is 1. The summed E-state index contributed by atoms with van der Waals surface area (Å²) >= 11 is 3.44. The Morgan fingerprint density at radius 2 is 1.95 bits per heavy atom. The summed E-state index contributed by atoms with van der Waals surface area (Å²) in [6.45, 7) is 4.14. The molecule has 0 unspecified atom stereocenters. The van der Waals surface area contributed by atoms with Crippen LogP contribution in [0.25, 0.3) is 0 Å². The van der Waals surface area contributed by atoms with Gasteiger partial charge in [0.15, 0.2) is 0 Å². The molecule has 0 radical (unpaired) electrons. The van der Waals surface area contributed by atoms with Gasteiger partial charge >= 0.3 is 0 Å². The highest BCUT2D eigenvalue weighted by Gasteiger charge is 2.31. The van der Waals surface area contributed by atoms with Gasteiger partial charge in [0.25, 0.3) is 0 Å². The summed E-state index contributed by atoms with van der Waals surface area (Å²) in [5, 5.41) is 3.41. The van der Waals surface area contributed by atoms with E-state index < -0.39 is 0 Å². The van der Waals surface area contributed by atoms with Crippen molar-refractivity contribution in [3.05, 3.63) is 34.1 Å². The van der Waals surface area contributed by atoms with Crippen LogP contribution in [0.1, 0.15) is 31.2 Å². The first-order valence-electron chi connectivity index (χ1n) is 7.61. The second-order valence-electron chi connectivity index (χ2n) is 6.09. The van der Waals surface area contributed by atoms with Crippen LogP contribution in [0.4, 0.5) is 4.39 Å². The standard InChI is InChI=1S/C16H22BrFN2/c17-14-1-4-16(18)13(9-14)11-20(15-2-3-15)10-12-5-7-19-8-6-12/h1,4,9,12,15,19H,2-3,5-8,10-11H2. The third-order valence-corrected chi connectivity index (χ3v) is 4.89. The molecule has 0 amide bonds. The molecule has 1 aliphatic carbocycles. The van der Waals surface area contributed by atoms with E-state index in [-0.39, 0.29) is 5.82 Å². The summed E-state index contributed by atoms with van der Waals surface area (Å²) in [6, 6.07) is 5.94. The van der Waals surface area contributed by atoms with Gasteiger partial charge in [-0.3, -0.25) is 4.90 Å². The third kappa shape index (κ3) is 3.80. The highest BCUT2D eigenvalue weighted by atomic mass is 79.9. The molecule has 2 fully saturated rings. The highest BCUT2D eigenvalue weighted by Crippen LogP contribution is 2.31. The molecule has 20 heavy (non-hydrogen) atoms. The van der Waals surface area contributed by atoms with Crippen LogP contribution in [-0.2, 0) is 6.54 Å². The molecule has 0 spiro atoms. The zero-order valence-electron chi connectivity index (χ0n) is 11.7. The van der Waals surface area contributed by atoms with Crippen LogP contribution in [0.5, 0.6) is 0 Å². The number of hydrogen-bond acceptors (Lipinski definition) is 2. The number of hydrogen-bond donors (Lipinski definition) is 1. The topological polar surface area (TPSA) is 15.3 Å². The highest BCUT2D eigenvalue weighted by molar-refractivity contribution is 9.10. The number of halogens is 2. The van der Waals surface area contributed by atoms with E-state index in [1.165, 1.54) is 25.7 Å². The average molecular weight is 341 g/mol. The first-order chi connectivity index (χ1) is 9.72. The Hall–Kier alpha value is -0.450. The van der Waals surface area contributed by atoms with Gasteiger partial charge in [-0.15, -0.1) is 0 Å². The van der Waals surface area contributed by atoms with Crippen LogP contribution >= 0.6 is 15.9 Å². The monoisotopic (exact) mass is 340 g/mol. The van der Waals surface area contributed by atoms with Crippen molar-refractivity contribution in [3.63, 3.8) is 0 Å². The molecule has 1 N–H and O–H groups in total. The number of rotatable bonds is 5. The van der Waals surface area contributed by atoms with Gasteiger partial charge in [0.1, 0.15) is 5.82 Å². The van der Waals surface area contributed by atoms with Gasteiger partial charge in [0.05, 0.1) is 0 Å². The van der Waals surface area contributed by atoms with Crippen molar-refractivity contribution in [3.8, 4) is 0 Å². The van der Waals surface area contributed by atoms with E-state index in [1.807, 2.05) is 6.07 Å². The smallest absolute Gasteiger partial charge is 0.127 e. The largest absolute Gasteiger partial charge is 0.317 e. The van der Waals surface area contributed by atoms with Crippen molar-refractivity contribution in [2.45, 2.75) is 38.3 Å². The molecule has 1 saturated carbocycles. The molecule has 0 aromatic heterocycles.